The monoisotopic (exact) mass is 506 g/mol. The van der Waals surface area contributed by atoms with E-state index in [1.165, 1.54) is 51.4 Å². The first kappa shape index (κ1) is 33.9. The predicted molar refractivity (Wildman–Crippen MR) is 150 cm³/mol. The van der Waals surface area contributed by atoms with Crippen molar-refractivity contribution in [2.45, 2.75) is 142 Å². The molecule has 0 aromatic carbocycles. The molecule has 0 aliphatic carbocycles. The van der Waals surface area contributed by atoms with Gasteiger partial charge in [-0.05, 0) is 70.6 Å². The van der Waals surface area contributed by atoms with Gasteiger partial charge in [0.05, 0.1) is 0 Å². The van der Waals surface area contributed by atoms with Crippen molar-refractivity contribution >= 4 is 17.8 Å². The van der Waals surface area contributed by atoms with E-state index in [4.69, 9.17) is 0 Å². The van der Waals surface area contributed by atoms with Gasteiger partial charge in [0, 0.05) is 19.4 Å². The van der Waals surface area contributed by atoms with Gasteiger partial charge in [0.15, 0.2) is 0 Å². The number of nitrogens with one attached hydrogen (secondary N) is 2. The Balaban J connectivity index is 3.80. The number of aliphatic carboxylic acids is 1. The minimum absolute atomic E-state index is 0.0458. The summed E-state index contributed by atoms with van der Waals surface area (Å²) in [5.41, 5.74) is 0. The normalized spacial score (nSPS) is 12.3. The molecule has 0 aliphatic heterocycles. The van der Waals surface area contributed by atoms with Crippen LogP contribution in [0.2, 0.25) is 0 Å². The summed E-state index contributed by atoms with van der Waals surface area (Å²) in [6.45, 7) is 4.96. The minimum Gasteiger partial charge on any atom is -0.480 e. The molecule has 3 N–H and O–H groups in total. The lowest BCUT2D eigenvalue weighted by atomic mass is 10.1. The quantitative estimate of drug-likeness (QED) is 0.0898. The van der Waals surface area contributed by atoms with Crippen LogP contribution in [0, 0.1) is 0 Å². The molecule has 0 aromatic rings. The maximum Gasteiger partial charge on any atom is 0.326 e. The van der Waals surface area contributed by atoms with Gasteiger partial charge < -0.3 is 15.7 Å². The van der Waals surface area contributed by atoms with Crippen molar-refractivity contribution in [2.75, 3.05) is 6.54 Å². The van der Waals surface area contributed by atoms with Crippen molar-refractivity contribution in [1.29, 1.82) is 0 Å². The van der Waals surface area contributed by atoms with E-state index in [-0.39, 0.29) is 11.8 Å². The number of unbranched alkanes of at least 4 members (excludes halogenated alkanes) is 11. The van der Waals surface area contributed by atoms with Gasteiger partial charge in [-0.25, -0.2) is 4.79 Å². The molecule has 0 heterocycles. The summed E-state index contributed by atoms with van der Waals surface area (Å²) in [7, 11) is 0. The first-order valence-corrected chi connectivity index (χ1v) is 14.6. The molecule has 208 valence electrons. The molecule has 36 heavy (non-hydrogen) atoms. The average molecular weight is 507 g/mol. The fraction of sp³-hybridized carbons (Fsp3) is 0.767. The number of carbonyl (C=O) groups is 3. The average Bonchev–Trinajstić information content (AvgIpc) is 2.85. The number of carboxylic acid groups (broad SMARTS) is 1. The Morgan fingerprint density at radius 2 is 1.14 bits per heavy atom. The highest BCUT2D eigenvalue weighted by Crippen LogP contribution is 2.07. The summed E-state index contributed by atoms with van der Waals surface area (Å²) in [5.74, 6) is -1.16. The van der Waals surface area contributed by atoms with Gasteiger partial charge >= 0.3 is 5.97 Å². The lowest BCUT2D eigenvalue weighted by Gasteiger charge is -2.14. The second kappa shape index (κ2) is 26.0. The van der Waals surface area contributed by atoms with E-state index in [0.29, 0.717) is 38.6 Å². The second-order valence-electron chi connectivity index (χ2n) is 9.73. The third kappa shape index (κ3) is 23.6. The topological polar surface area (TPSA) is 95.5 Å². The molecule has 0 radical (unpaired) electrons. The van der Waals surface area contributed by atoms with Crippen molar-refractivity contribution in [1.82, 2.24) is 10.6 Å². The minimum atomic E-state index is -1.00. The summed E-state index contributed by atoms with van der Waals surface area (Å²) in [6.07, 6.45) is 26.9. The Morgan fingerprint density at radius 3 is 1.64 bits per heavy atom. The zero-order chi connectivity index (χ0) is 26.7. The number of hydrogen-bond acceptors (Lipinski definition) is 3. The van der Waals surface area contributed by atoms with Gasteiger partial charge in [0.2, 0.25) is 11.8 Å². The first-order chi connectivity index (χ1) is 17.5. The summed E-state index contributed by atoms with van der Waals surface area (Å²) in [4.78, 5) is 35.5. The Kier molecular flexibility index (Phi) is 24.4. The molecule has 6 nitrogen and oxygen atoms in total. The molecule has 0 bridgehead atoms. The second-order valence-corrected chi connectivity index (χ2v) is 9.73. The van der Waals surface area contributed by atoms with Crippen molar-refractivity contribution in [3.8, 4) is 0 Å². The van der Waals surface area contributed by atoms with Crippen molar-refractivity contribution < 1.29 is 19.5 Å². The van der Waals surface area contributed by atoms with E-state index >= 15 is 0 Å². The number of hydrogen-bond donors (Lipinski definition) is 3. The molecule has 1 atom stereocenters. The van der Waals surface area contributed by atoms with Crippen molar-refractivity contribution in [3.05, 3.63) is 24.3 Å². The molecule has 0 saturated carbocycles. The fourth-order valence-electron chi connectivity index (χ4n) is 3.92. The number of amides is 2. The number of carboxylic acids is 1. The Labute approximate surface area is 220 Å². The van der Waals surface area contributed by atoms with Crippen LogP contribution >= 0.6 is 0 Å². The SMILES string of the molecule is CCCCCC/C=C\CCCC(=O)NCCCC[C@H](NC(=O)CCC/C=C\CCCCCC)C(=O)O. The van der Waals surface area contributed by atoms with Crippen LogP contribution in [0.4, 0.5) is 0 Å². The van der Waals surface area contributed by atoms with Gasteiger partial charge in [-0.15, -0.1) is 0 Å². The van der Waals surface area contributed by atoms with Crippen molar-refractivity contribution in [3.63, 3.8) is 0 Å². The Morgan fingerprint density at radius 1 is 0.639 bits per heavy atom. The maximum absolute atomic E-state index is 12.1. The van der Waals surface area contributed by atoms with E-state index in [0.717, 1.165) is 38.5 Å². The highest BCUT2D eigenvalue weighted by molar-refractivity contribution is 5.83. The first-order valence-electron chi connectivity index (χ1n) is 14.6. The number of rotatable bonds is 25. The van der Waals surface area contributed by atoms with E-state index in [1.54, 1.807) is 0 Å². The third-order valence-electron chi connectivity index (χ3n) is 6.21. The smallest absolute Gasteiger partial charge is 0.326 e. The summed E-state index contributed by atoms with van der Waals surface area (Å²) < 4.78 is 0. The van der Waals surface area contributed by atoms with Crippen LogP contribution in [-0.2, 0) is 14.4 Å². The number of carbonyl (C=O) groups excluding carboxylic acids is 2. The summed E-state index contributed by atoms with van der Waals surface area (Å²) in [6, 6.07) is -0.865. The molecule has 6 heteroatoms. The highest BCUT2D eigenvalue weighted by atomic mass is 16.4. The largest absolute Gasteiger partial charge is 0.480 e. The van der Waals surface area contributed by atoms with Crippen LogP contribution in [-0.4, -0.2) is 35.5 Å². The standard InChI is InChI=1S/C30H54N2O4/c1-3-5-7-9-11-13-15-17-19-24-28(33)31-26-22-21-23-27(30(35)36)32-29(34)25-20-18-16-14-12-10-8-6-4-2/h13-16,27H,3-12,17-26H2,1-2H3,(H,31,33)(H,32,34)(H,35,36)/b15-13-,16-14-/t27-/m0/s1. The molecular weight excluding hydrogens is 452 g/mol. The van der Waals surface area contributed by atoms with Crippen LogP contribution in [0.3, 0.4) is 0 Å². The van der Waals surface area contributed by atoms with Gasteiger partial charge in [-0.2, -0.15) is 0 Å². The highest BCUT2D eigenvalue weighted by Gasteiger charge is 2.19. The van der Waals surface area contributed by atoms with Gasteiger partial charge in [-0.1, -0.05) is 76.7 Å². The molecule has 0 fully saturated rings. The van der Waals surface area contributed by atoms with Gasteiger partial charge in [0.25, 0.3) is 0 Å². The van der Waals surface area contributed by atoms with Crippen molar-refractivity contribution in [2.24, 2.45) is 0 Å². The van der Waals surface area contributed by atoms with E-state index in [1.807, 2.05) is 0 Å². The summed E-state index contributed by atoms with van der Waals surface area (Å²) in [5, 5.41) is 15.0. The predicted octanol–water partition coefficient (Wildman–Crippen LogP) is 7.24. The molecule has 0 rings (SSSR count). The fourth-order valence-corrected chi connectivity index (χ4v) is 3.92. The molecule has 0 saturated heterocycles. The molecule has 0 aromatic heterocycles. The van der Waals surface area contributed by atoms with Gasteiger partial charge in [-0.3, -0.25) is 9.59 Å². The van der Waals surface area contributed by atoms with Crippen LogP contribution in [0.15, 0.2) is 24.3 Å². The van der Waals surface area contributed by atoms with E-state index in [9.17, 15) is 19.5 Å². The van der Waals surface area contributed by atoms with Crippen LogP contribution in [0.25, 0.3) is 0 Å². The maximum atomic E-state index is 12.1. The number of allylic oxidation sites excluding steroid dienone is 4. The van der Waals surface area contributed by atoms with E-state index < -0.39 is 12.0 Å². The van der Waals surface area contributed by atoms with Crippen LogP contribution in [0.5, 0.6) is 0 Å². The van der Waals surface area contributed by atoms with Crippen LogP contribution < -0.4 is 10.6 Å². The molecule has 2 amide bonds. The van der Waals surface area contributed by atoms with E-state index in [2.05, 4.69) is 48.8 Å². The molecule has 0 spiro atoms. The molecular formula is C30H54N2O4. The Bertz CT molecular complexity index is 616. The zero-order valence-electron chi connectivity index (χ0n) is 23.2. The third-order valence-corrected chi connectivity index (χ3v) is 6.21. The van der Waals surface area contributed by atoms with Crippen LogP contribution in [0.1, 0.15) is 136 Å². The zero-order valence-corrected chi connectivity index (χ0v) is 23.2. The summed E-state index contributed by atoms with van der Waals surface area (Å²) >= 11 is 0. The lowest BCUT2D eigenvalue weighted by molar-refractivity contribution is -0.142. The molecule has 0 unspecified atom stereocenters. The Hall–Kier alpha value is -2.11. The lowest BCUT2D eigenvalue weighted by Crippen LogP contribution is -2.40. The molecule has 0 aliphatic rings. The van der Waals surface area contributed by atoms with Gasteiger partial charge in [0.1, 0.15) is 6.04 Å².